The smallest absolute Gasteiger partial charge is 0.271 e. The Morgan fingerprint density at radius 2 is 1.86 bits per heavy atom. The molecule has 10 nitrogen and oxygen atoms in total. The number of aliphatic imine (C=N–C) groups is 2. The number of hydrogen-bond donors (Lipinski definition) is 2. The van der Waals surface area contributed by atoms with E-state index in [0.717, 1.165) is 0 Å². The van der Waals surface area contributed by atoms with Crippen molar-refractivity contribution in [2.45, 2.75) is 19.0 Å². The molecule has 0 bridgehead atoms. The number of carbonyl (C=O) groups is 3. The highest BCUT2D eigenvalue weighted by Crippen LogP contribution is 2.35. The third-order valence-electron chi connectivity index (χ3n) is 5.73. The highest BCUT2D eigenvalue weighted by Gasteiger charge is 2.42. The fourth-order valence-corrected chi connectivity index (χ4v) is 4.80. The number of carbonyl (C=O) groups excluding carboxylic acids is 3. The van der Waals surface area contributed by atoms with Crippen molar-refractivity contribution in [2.24, 2.45) is 9.98 Å². The quantitative estimate of drug-likeness (QED) is 0.469. The van der Waals surface area contributed by atoms with Crippen LogP contribution < -0.4 is 15.4 Å². The van der Waals surface area contributed by atoms with Crippen molar-refractivity contribution in [1.29, 1.82) is 0 Å². The van der Waals surface area contributed by atoms with E-state index in [0.29, 0.717) is 39.5 Å². The van der Waals surface area contributed by atoms with Crippen LogP contribution >= 0.6 is 11.8 Å². The zero-order chi connectivity index (χ0) is 25.8. The van der Waals surface area contributed by atoms with Crippen molar-refractivity contribution in [3.63, 3.8) is 0 Å². The molecule has 1 aromatic heterocycles. The lowest BCUT2D eigenvalue weighted by atomic mass is 10.1. The Morgan fingerprint density at radius 3 is 2.62 bits per heavy atom. The second-order valence-electron chi connectivity index (χ2n) is 8.20. The Hall–Kier alpha value is -4.38. The van der Waals surface area contributed by atoms with E-state index in [4.69, 9.17) is 14.1 Å². The van der Waals surface area contributed by atoms with Crippen LogP contribution in [0.25, 0.3) is 0 Å². The van der Waals surface area contributed by atoms with Gasteiger partial charge in [0.2, 0.25) is 11.8 Å². The molecule has 0 aliphatic carbocycles. The summed E-state index contributed by atoms with van der Waals surface area (Å²) < 4.78 is 10.4. The van der Waals surface area contributed by atoms with E-state index in [-0.39, 0.29) is 30.5 Å². The Kier molecular flexibility index (Phi) is 7.04. The highest BCUT2D eigenvalue weighted by molar-refractivity contribution is 8.14. The second kappa shape index (κ2) is 10.7. The molecule has 3 amide bonds. The maximum absolute atomic E-state index is 12.9. The maximum Gasteiger partial charge on any atom is 0.271 e. The Labute approximate surface area is 216 Å². The number of furan rings is 1. The van der Waals surface area contributed by atoms with Crippen molar-refractivity contribution >= 4 is 51.9 Å². The Morgan fingerprint density at radius 1 is 1.05 bits per heavy atom. The van der Waals surface area contributed by atoms with Crippen LogP contribution in [0.2, 0.25) is 0 Å². The third kappa shape index (κ3) is 5.41. The Bertz CT molecular complexity index is 1380. The molecule has 188 valence electrons. The molecule has 1 atom stereocenters. The van der Waals surface area contributed by atoms with E-state index in [1.807, 2.05) is 24.3 Å². The van der Waals surface area contributed by atoms with Crippen LogP contribution in [-0.4, -0.2) is 52.5 Å². The third-order valence-corrected chi connectivity index (χ3v) is 6.69. The summed E-state index contributed by atoms with van der Waals surface area (Å²) in [7, 11) is 1.57. The first-order valence-electron chi connectivity index (χ1n) is 11.5. The zero-order valence-electron chi connectivity index (χ0n) is 19.8. The summed E-state index contributed by atoms with van der Waals surface area (Å²) in [6.07, 6.45) is 1.41. The number of fused-ring (bicyclic) bond motifs is 3. The molecule has 0 saturated heterocycles. The largest absolute Gasteiger partial charge is 0.497 e. The van der Waals surface area contributed by atoms with E-state index < -0.39 is 11.9 Å². The standard InChI is InChI=1S/C26H23N5O5S/c1-35-17-10-8-16(9-11-17)28-23(33)15-37-26-29-20-7-3-2-6-19(20)24-30-25(34)21(31(24)26)13-22(32)27-14-18-5-4-12-36-18/h2-12,21H,13-15H2,1H3,(H,27,32)(H,28,33). The van der Waals surface area contributed by atoms with Crippen LogP contribution in [0, 0.1) is 0 Å². The van der Waals surface area contributed by atoms with Gasteiger partial charge in [-0.05, 0) is 48.5 Å². The summed E-state index contributed by atoms with van der Waals surface area (Å²) in [6, 6.07) is 17.0. The van der Waals surface area contributed by atoms with Gasteiger partial charge in [-0.1, -0.05) is 23.9 Å². The van der Waals surface area contributed by atoms with Gasteiger partial charge in [-0.15, -0.1) is 0 Å². The number of nitrogens with zero attached hydrogens (tertiary/aromatic N) is 3. The van der Waals surface area contributed by atoms with Crippen LogP contribution in [0.3, 0.4) is 0 Å². The van der Waals surface area contributed by atoms with Gasteiger partial charge in [-0.2, -0.15) is 4.99 Å². The summed E-state index contributed by atoms with van der Waals surface area (Å²) in [5.74, 6) is 0.763. The molecular formula is C26H23N5O5S. The molecule has 2 aromatic carbocycles. The van der Waals surface area contributed by atoms with Gasteiger partial charge in [-0.25, -0.2) is 4.99 Å². The number of benzene rings is 2. The van der Waals surface area contributed by atoms with Gasteiger partial charge >= 0.3 is 0 Å². The van der Waals surface area contributed by atoms with Crippen LogP contribution in [0.4, 0.5) is 11.4 Å². The number of methoxy groups -OCH3 is 1. The van der Waals surface area contributed by atoms with E-state index in [1.54, 1.807) is 48.4 Å². The van der Waals surface area contributed by atoms with Crippen molar-refractivity contribution in [3.05, 3.63) is 78.3 Å². The van der Waals surface area contributed by atoms with Gasteiger partial charge in [0.1, 0.15) is 23.4 Å². The number of nitrogens with one attached hydrogen (secondary N) is 2. The lowest BCUT2D eigenvalue weighted by molar-refractivity contribution is -0.126. The van der Waals surface area contributed by atoms with Gasteiger partial charge in [0, 0.05) is 11.3 Å². The molecule has 3 aromatic rings. The first-order valence-corrected chi connectivity index (χ1v) is 12.5. The average molecular weight is 518 g/mol. The monoisotopic (exact) mass is 517 g/mol. The molecule has 2 N–H and O–H groups in total. The van der Waals surface area contributed by atoms with Crippen molar-refractivity contribution in [3.8, 4) is 5.75 Å². The first kappa shape index (κ1) is 24.3. The van der Waals surface area contributed by atoms with Crippen molar-refractivity contribution in [1.82, 2.24) is 10.2 Å². The number of para-hydroxylation sites is 1. The van der Waals surface area contributed by atoms with Gasteiger partial charge in [0.05, 0.1) is 37.8 Å². The molecular weight excluding hydrogens is 494 g/mol. The van der Waals surface area contributed by atoms with Crippen LogP contribution in [0.5, 0.6) is 5.75 Å². The fourth-order valence-electron chi connectivity index (χ4n) is 3.95. The Balaban J connectivity index is 1.30. The molecule has 2 aliphatic rings. The van der Waals surface area contributed by atoms with Crippen LogP contribution in [-0.2, 0) is 20.9 Å². The number of ether oxygens (including phenoxy) is 1. The van der Waals surface area contributed by atoms with E-state index >= 15 is 0 Å². The predicted octanol–water partition coefficient (Wildman–Crippen LogP) is 3.33. The van der Waals surface area contributed by atoms with Crippen LogP contribution in [0.15, 0.2) is 81.3 Å². The summed E-state index contributed by atoms with van der Waals surface area (Å²) >= 11 is 1.18. The minimum atomic E-state index is -0.865. The molecule has 11 heteroatoms. The minimum Gasteiger partial charge on any atom is -0.497 e. The lowest BCUT2D eigenvalue weighted by Gasteiger charge is -2.30. The number of hydrogen-bond acceptors (Lipinski definition) is 8. The minimum absolute atomic E-state index is 0.0441. The summed E-state index contributed by atoms with van der Waals surface area (Å²) in [5.41, 5.74) is 1.97. The van der Waals surface area contributed by atoms with Gasteiger partial charge in [0.25, 0.3) is 5.91 Å². The molecule has 5 rings (SSSR count). The van der Waals surface area contributed by atoms with Crippen LogP contribution in [0.1, 0.15) is 17.7 Å². The SMILES string of the molecule is COc1ccc(NC(=O)CSC2=Nc3ccccc3C3=NC(=O)C(CC(=O)NCc4ccco4)N23)cc1. The number of rotatable bonds is 8. The van der Waals surface area contributed by atoms with E-state index in [2.05, 4.69) is 15.6 Å². The average Bonchev–Trinajstić information content (AvgIpc) is 3.55. The summed E-state index contributed by atoms with van der Waals surface area (Å²) in [4.78, 5) is 48.9. The summed E-state index contributed by atoms with van der Waals surface area (Å²) in [6.45, 7) is 0.213. The first-order chi connectivity index (χ1) is 18.0. The molecule has 2 aliphatic heterocycles. The van der Waals surface area contributed by atoms with Gasteiger partial charge < -0.3 is 19.8 Å². The number of anilines is 1. The fraction of sp³-hybridized carbons (Fsp3) is 0.192. The molecule has 1 unspecified atom stereocenters. The van der Waals surface area contributed by atoms with Gasteiger partial charge in [-0.3, -0.25) is 19.3 Å². The molecule has 37 heavy (non-hydrogen) atoms. The van der Waals surface area contributed by atoms with Crippen molar-refractivity contribution < 1.29 is 23.5 Å². The molecule has 0 saturated carbocycles. The maximum atomic E-state index is 12.9. The lowest BCUT2D eigenvalue weighted by Crippen LogP contribution is -2.46. The zero-order valence-corrected chi connectivity index (χ0v) is 20.7. The van der Waals surface area contributed by atoms with E-state index in [1.165, 1.54) is 18.0 Å². The normalized spacial score (nSPS) is 15.9. The molecule has 0 radical (unpaired) electrons. The summed E-state index contributed by atoms with van der Waals surface area (Å²) in [5, 5.41) is 6.03. The predicted molar refractivity (Wildman–Crippen MR) is 140 cm³/mol. The van der Waals surface area contributed by atoms with Crippen molar-refractivity contribution in [2.75, 3.05) is 18.2 Å². The highest BCUT2D eigenvalue weighted by atomic mass is 32.2. The molecule has 0 spiro atoms. The number of amides is 3. The van der Waals surface area contributed by atoms with E-state index in [9.17, 15) is 14.4 Å². The number of thioether (sulfide) groups is 1. The molecule has 0 fully saturated rings. The second-order valence-corrected chi connectivity index (χ2v) is 9.14. The topological polar surface area (TPSA) is 126 Å². The molecule has 3 heterocycles. The number of amidine groups is 2. The van der Waals surface area contributed by atoms with Gasteiger partial charge in [0.15, 0.2) is 5.17 Å².